The summed E-state index contributed by atoms with van der Waals surface area (Å²) in [6.45, 7) is 1.16. The Morgan fingerprint density at radius 3 is 2.86 bits per heavy atom. The average molecular weight is 316 g/mol. The van der Waals surface area contributed by atoms with E-state index in [1.165, 1.54) is 65.6 Å². The molecule has 0 spiro atoms. The smallest absolute Gasteiger partial charge is 0.138 e. The number of fused-ring (bicyclic) bond motifs is 3. The van der Waals surface area contributed by atoms with Crippen molar-refractivity contribution in [3.63, 3.8) is 0 Å². The third kappa shape index (κ3) is 2.61. The van der Waals surface area contributed by atoms with Crippen LogP contribution in [0, 0.1) is 5.92 Å². The molecule has 4 nitrogen and oxygen atoms in total. The van der Waals surface area contributed by atoms with Gasteiger partial charge >= 0.3 is 0 Å². The van der Waals surface area contributed by atoms with Crippen molar-refractivity contribution in [3.8, 4) is 0 Å². The summed E-state index contributed by atoms with van der Waals surface area (Å²) in [5.41, 5.74) is 1.52. The van der Waals surface area contributed by atoms with Crippen LogP contribution in [0.5, 0.6) is 0 Å². The molecule has 2 aliphatic carbocycles. The molecule has 2 heterocycles. The first-order valence-electron chi connectivity index (χ1n) is 8.51. The molecule has 2 aliphatic rings. The molecule has 2 N–H and O–H groups in total. The topological polar surface area (TPSA) is 49.8 Å². The minimum Gasteiger partial charge on any atom is -0.367 e. The Labute approximate surface area is 135 Å². The van der Waals surface area contributed by atoms with Gasteiger partial charge in [-0.05, 0) is 70.0 Å². The SMILES string of the molecule is CNCC1CCC(Nc2ncnc3sc4c(c23)CCC4)CC1. The fraction of sp³-hybridized carbons (Fsp3) is 0.647. The van der Waals surface area contributed by atoms with Gasteiger partial charge in [0.25, 0.3) is 0 Å². The summed E-state index contributed by atoms with van der Waals surface area (Å²) >= 11 is 1.87. The molecule has 22 heavy (non-hydrogen) atoms. The second-order valence-electron chi connectivity index (χ2n) is 6.68. The molecule has 0 amide bonds. The maximum Gasteiger partial charge on any atom is 0.138 e. The second kappa shape index (κ2) is 6.13. The van der Waals surface area contributed by atoms with E-state index in [0.29, 0.717) is 6.04 Å². The van der Waals surface area contributed by atoms with Gasteiger partial charge < -0.3 is 10.6 Å². The van der Waals surface area contributed by atoms with Crippen LogP contribution in [-0.4, -0.2) is 29.6 Å². The highest BCUT2D eigenvalue weighted by atomic mass is 32.1. The van der Waals surface area contributed by atoms with E-state index in [-0.39, 0.29) is 0 Å². The van der Waals surface area contributed by atoms with Gasteiger partial charge in [0.05, 0.1) is 5.39 Å². The fourth-order valence-corrected chi connectivity index (χ4v) is 5.26. The van der Waals surface area contributed by atoms with Crippen molar-refractivity contribution in [2.45, 2.75) is 51.0 Å². The zero-order chi connectivity index (χ0) is 14.9. The van der Waals surface area contributed by atoms with Gasteiger partial charge in [-0.25, -0.2) is 9.97 Å². The van der Waals surface area contributed by atoms with Crippen LogP contribution in [0.15, 0.2) is 6.33 Å². The Hall–Kier alpha value is -1.20. The molecule has 5 heteroatoms. The second-order valence-corrected chi connectivity index (χ2v) is 7.76. The zero-order valence-corrected chi connectivity index (χ0v) is 14.0. The molecule has 118 valence electrons. The number of hydrogen-bond acceptors (Lipinski definition) is 5. The summed E-state index contributed by atoms with van der Waals surface area (Å²) in [6.07, 6.45) is 10.6. The molecule has 0 aromatic carbocycles. The molecular weight excluding hydrogens is 292 g/mol. The summed E-state index contributed by atoms with van der Waals surface area (Å²) in [6, 6.07) is 0.572. The normalized spacial score (nSPS) is 24.6. The lowest BCUT2D eigenvalue weighted by Gasteiger charge is -2.29. The van der Waals surface area contributed by atoms with Gasteiger partial charge in [-0.1, -0.05) is 0 Å². The molecule has 0 radical (unpaired) electrons. The summed E-state index contributed by atoms with van der Waals surface area (Å²) < 4.78 is 0. The third-order valence-corrected chi connectivity index (χ3v) is 6.38. The predicted octanol–water partition coefficient (Wildman–Crippen LogP) is 3.37. The standard InChI is InChI=1S/C17H24N4S/c1-18-9-11-5-7-12(8-6-11)21-16-15-13-3-2-4-14(13)22-17(15)20-10-19-16/h10-12,18H,2-9H2,1H3,(H,19,20,21). The molecule has 0 unspecified atom stereocenters. The van der Waals surface area contributed by atoms with Crippen LogP contribution < -0.4 is 10.6 Å². The van der Waals surface area contributed by atoms with Crippen molar-refractivity contribution in [2.24, 2.45) is 5.92 Å². The van der Waals surface area contributed by atoms with Crippen molar-refractivity contribution < 1.29 is 0 Å². The number of nitrogens with one attached hydrogen (secondary N) is 2. The molecule has 2 aromatic rings. The highest BCUT2D eigenvalue weighted by Gasteiger charge is 2.24. The molecule has 0 atom stereocenters. The van der Waals surface area contributed by atoms with E-state index in [2.05, 4.69) is 27.6 Å². The van der Waals surface area contributed by atoms with Crippen molar-refractivity contribution in [1.29, 1.82) is 0 Å². The van der Waals surface area contributed by atoms with E-state index >= 15 is 0 Å². The van der Waals surface area contributed by atoms with E-state index in [0.717, 1.165) is 18.3 Å². The molecule has 4 rings (SSSR count). The largest absolute Gasteiger partial charge is 0.367 e. The fourth-order valence-electron chi connectivity index (χ4n) is 4.03. The van der Waals surface area contributed by atoms with Crippen LogP contribution in [0.4, 0.5) is 5.82 Å². The van der Waals surface area contributed by atoms with Crippen molar-refractivity contribution >= 4 is 27.4 Å². The minimum atomic E-state index is 0.572. The predicted molar refractivity (Wildman–Crippen MR) is 92.7 cm³/mol. The highest BCUT2D eigenvalue weighted by Crippen LogP contribution is 2.39. The first-order chi connectivity index (χ1) is 10.8. The monoisotopic (exact) mass is 316 g/mol. The van der Waals surface area contributed by atoms with Gasteiger partial charge in [0.1, 0.15) is 17.0 Å². The molecule has 1 fully saturated rings. The van der Waals surface area contributed by atoms with Gasteiger partial charge in [0, 0.05) is 10.9 Å². The van der Waals surface area contributed by atoms with Crippen LogP contribution in [-0.2, 0) is 12.8 Å². The van der Waals surface area contributed by atoms with Crippen LogP contribution in [0.25, 0.3) is 10.2 Å². The minimum absolute atomic E-state index is 0.572. The summed E-state index contributed by atoms with van der Waals surface area (Å²) in [7, 11) is 2.05. The van der Waals surface area contributed by atoms with Gasteiger partial charge in [0.2, 0.25) is 0 Å². The molecule has 2 aromatic heterocycles. The lowest BCUT2D eigenvalue weighted by atomic mass is 9.86. The summed E-state index contributed by atoms with van der Waals surface area (Å²) in [4.78, 5) is 11.8. The zero-order valence-electron chi connectivity index (χ0n) is 13.2. The Morgan fingerprint density at radius 2 is 2.05 bits per heavy atom. The first-order valence-corrected chi connectivity index (χ1v) is 9.33. The van der Waals surface area contributed by atoms with Crippen molar-refractivity contribution in [3.05, 3.63) is 16.8 Å². The van der Waals surface area contributed by atoms with Gasteiger partial charge in [0.15, 0.2) is 0 Å². The van der Waals surface area contributed by atoms with Crippen LogP contribution in [0.3, 0.4) is 0 Å². The maximum absolute atomic E-state index is 4.58. The van der Waals surface area contributed by atoms with E-state index in [4.69, 9.17) is 0 Å². The summed E-state index contributed by atoms with van der Waals surface area (Å²) in [5.74, 6) is 1.93. The lowest BCUT2D eigenvalue weighted by molar-refractivity contribution is 0.331. The average Bonchev–Trinajstić information content (AvgIpc) is 3.10. The van der Waals surface area contributed by atoms with E-state index < -0.39 is 0 Å². The first kappa shape index (κ1) is 14.4. The van der Waals surface area contributed by atoms with Crippen molar-refractivity contribution in [1.82, 2.24) is 15.3 Å². The van der Waals surface area contributed by atoms with Crippen LogP contribution >= 0.6 is 11.3 Å². The number of thiophene rings is 1. The molecule has 0 aliphatic heterocycles. The van der Waals surface area contributed by atoms with Crippen LogP contribution in [0.1, 0.15) is 42.5 Å². The number of nitrogens with zero attached hydrogens (tertiary/aromatic N) is 2. The van der Waals surface area contributed by atoms with Gasteiger partial charge in [-0.15, -0.1) is 11.3 Å². The quantitative estimate of drug-likeness (QED) is 0.908. The van der Waals surface area contributed by atoms with Gasteiger partial charge in [-0.2, -0.15) is 0 Å². The Morgan fingerprint density at radius 1 is 1.18 bits per heavy atom. The van der Waals surface area contributed by atoms with Crippen molar-refractivity contribution in [2.75, 3.05) is 18.9 Å². The summed E-state index contributed by atoms with van der Waals surface area (Å²) in [5, 5.41) is 8.37. The Balaban J connectivity index is 1.53. The molecule has 1 saturated carbocycles. The highest BCUT2D eigenvalue weighted by molar-refractivity contribution is 7.19. The van der Waals surface area contributed by atoms with E-state index in [1.54, 1.807) is 6.33 Å². The van der Waals surface area contributed by atoms with Crippen LogP contribution in [0.2, 0.25) is 0 Å². The van der Waals surface area contributed by atoms with E-state index in [1.807, 2.05) is 11.3 Å². The Kier molecular flexibility index (Phi) is 4.01. The lowest BCUT2D eigenvalue weighted by Crippen LogP contribution is -2.30. The maximum atomic E-state index is 4.58. The number of hydrogen-bond donors (Lipinski definition) is 2. The molecule has 0 saturated heterocycles. The van der Waals surface area contributed by atoms with Gasteiger partial charge in [-0.3, -0.25) is 0 Å². The molecule has 0 bridgehead atoms. The Bertz CT molecular complexity index is 658. The third-order valence-electron chi connectivity index (χ3n) is 5.18. The number of aromatic nitrogens is 2. The van der Waals surface area contributed by atoms with E-state index in [9.17, 15) is 0 Å². The number of anilines is 1. The number of rotatable bonds is 4. The molecular formula is C17H24N4S. The number of aryl methyl sites for hydroxylation is 2.